The Bertz CT molecular complexity index is 764. The van der Waals surface area contributed by atoms with Gasteiger partial charge in [-0.15, -0.1) is 0 Å². The molecule has 0 saturated heterocycles. The summed E-state index contributed by atoms with van der Waals surface area (Å²) >= 11 is 3.56. The lowest BCUT2D eigenvalue weighted by molar-refractivity contribution is 0.0594. The van der Waals surface area contributed by atoms with Crippen molar-refractivity contribution in [2.45, 2.75) is 0 Å². The van der Waals surface area contributed by atoms with E-state index in [2.05, 4.69) is 25.7 Å². The van der Waals surface area contributed by atoms with E-state index in [9.17, 15) is 4.79 Å². The first kappa shape index (κ1) is 11.2. The van der Waals surface area contributed by atoms with E-state index in [1.807, 2.05) is 28.7 Å². The minimum absolute atomic E-state index is 0.300. The normalized spacial score (nSPS) is 11.0. The SMILES string of the molecule is COC(=O)c1cc2c(Br)c3ccccc3n2cn1. The van der Waals surface area contributed by atoms with Crippen molar-refractivity contribution >= 4 is 38.3 Å². The van der Waals surface area contributed by atoms with E-state index in [4.69, 9.17) is 0 Å². The second kappa shape index (κ2) is 4.10. The Morgan fingerprint density at radius 3 is 2.89 bits per heavy atom. The van der Waals surface area contributed by atoms with Gasteiger partial charge >= 0.3 is 5.97 Å². The Balaban J connectivity index is 2.38. The maximum absolute atomic E-state index is 11.5. The molecular formula is C13H9BrN2O2. The summed E-state index contributed by atoms with van der Waals surface area (Å²) in [7, 11) is 1.35. The molecule has 0 radical (unpaired) electrons. The maximum atomic E-state index is 11.5. The standard InChI is InChI=1S/C13H9BrN2O2/c1-18-13(17)9-6-11-12(14)8-4-2-3-5-10(8)16(11)7-15-9/h2-7H,1H3. The number of methoxy groups -OCH3 is 1. The van der Waals surface area contributed by atoms with Crippen LogP contribution in [0.3, 0.4) is 0 Å². The topological polar surface area (TPSA) is 43.6 Å². The number of rotatable bonds is 1. The van der Waals surface area contributed by atoms with Crippen molar-refractivity contribution in [3.63, 3.8) is 0 Å². The van der Waals surface area contributed by atoms with E-state index in [1.165, 1.54) is 7.11 Å². The lowest BCUT2D eigenvalue weighted by Gasteiger charge is -2.00. The molecule has 0 fully saturated rings. The number of carbonyl (C=O) groups is 1. The second-order valence-corrected chi connectivity index (χ2v) is 4.65. The minimum atomic E-state index is -0.436. The molecule has 3 aromatic rings. The highest BCUT2D eigenvalue weighted by Gasteiger charge is 2.13. The van der Waals surface area contributed by atoms with Gasteiger partial charge in [-0.25, -0.2) is 9.78 Å². The van der Waals surface area contributed by atoms with Gasteiger partial charge in [0, 0.05) is 5.39 Å². The molecule has 3 rings (SSSR count). The van der Waals surface area contributed by atoms with Crippen molar-refractivity contribution in [1.29, 1.82) is 0 Å². The first-order chi connectivity index (χ1) is 8.72. The Hall–Kier alpha value is -1.88. The van der Waals surface area contributed by atoms with E-state index in [0.29, 0.717) is 5.69 Å². The highest BCUT2D eigenvalue weighted by molar-refractivity contribution is 9.10. The summed E-state index contributed by atoms with van der Waals surface area (Å²) in [5.41, 5.74) is 2.24. The van der Waals surface area contributed by atoms with E-state index in [-0.39, 0.29) is 0 Å². The van der Waals surface area contributed by atoms with Crippen molar-refractivity contribution in [3.05, 3.63) is 46.8 Å². The summed E-state index contributed by atoms with van der Waals surface area (Å²) in [4.78, 5) is 15.6. The number of carbonyl (C=O) groups excluding carboxylic acids is 1. The predicted octanol–water partition coefficient (Wildman–Crippen LogP) is 3.04. The molecule has 2 aromatic heterocycles. The molecule has 0 N–H and O–H groups in total. The van der Waals surface area contributed by atoms with Crippen LogP contribution in [-0.4, -0.2) is 22.5 Å². The van der Waals surface area contributed by atoms with Crippen molar-refractivity contribution in [2.24, 2.45) is 0 Å². The third-order valence-electron chi connectivity index (χ3n) is 2.86. The van der Waals surface area contributed by atoms with Crippen LogP contribution in [0.1, 0.15) is 10.5 Å². The molecule has 90 valence electrons. The predicted molar refractivity (Wildman–Crippen MR) is 71.7 cm³/mol. The van der Waals surface area contributed by atoms with E-state index in [1.54, 1.807) is 12.4 Å². The molecule has 0 saturated carbocycles. The number of hydrogen-bond acceptors (Lipinski definition) is 3. The van der Waals surface area contributed by atoms with Crippen LogP contribution in [0.5, 0.6) is 0 Å². The molecule has 0 aliphatic rings. The average molecular weight is 305 g/mol. The van der Waals surface area contributed by atoms with Gasteiger partial charge in [-0.3, -0.25) is 4.40 Å². The van der Waals surface area contributed by atoms with Crippen molar-refractivity contribution < 1.29 is 9.53 Å². The molecule has 0 amide bonds. The third kappa shape index (κ3) is 1.51. The van der Waals surface area contributed by atoms with Gasteiger partial charge in [0.15, 0.2) is 5.69 Å². The summed E-state index contributed by atoms with van der Waals surface area (Å²) in [5, 5.41) is 1.08. The number of para-hydroxylation sites is 1. The van der Waals surface area contributed by atoms with Crippen molar-refractivity contribution in [3.8, 4) is 0 Å². The number of aromatic nitrogens is 2. The average Bonchev–Trinajstić information content (AvgIpc) is 2.72. The molecule has 0 aliphatic carbocycles. The van der Waals surface area contributed by atoms with Crippen LogP contribution in [-0.2, 0) is 4.74 Å². The quantitative estimate of drug-likeness (QED) is 0.649. The fourth-order valence-electron chi connectivity index (χ4n) is 2.00. The van der Waals surface area contributed by atoms with Crippen molar-refractivity contribution in [1.82, 2.24) is 9.38 Å². The zero-order chi connectivity index (χ0) is 12.7. The monoisotopic (exact) mass is 304 g/mol. The Kier molecular flexibility index (Phi) is 2.56. The van der Waals surface area contributed by atoms with Crippen LogP contribution in [0.4, 0.5) is 0 Å². The summed E-state index contributed by atoms with van der Waals surface area (Å²) in [6.07, 6.45) is 1.63. The molecule has 2 heterocycles. The highest BCUT2D eigenvalue weighted by atomic mass is 79.9. The fraction of sp³-hybridized carbons (Fsp3) is 0.0769. The molecule has 5 heteroatoms. The number of nitrogens with zero attached hydrogens (tertiary/aromatic N) is 2. The smallest absolute Gasteiger partial charge is 0.356 e. The molecule has 0 aliphatic heterocycles. The lowest BCUT2D eigenvalue weighted by atomic mass is 10.2. The zero-order valence-corrected chi connectivity index (χ0v) is 11.1. The molecule has 18 heavy (non-hydrogen) atoms. The Morgan fingerprint density at radius 1 is 1.33 bits per heavy atom. The van der Waals surface area contributed by atoms with Crippen LogP contribution < -0.4 is 0 Å². The molecule has 0 bridgehead atoms. The van der Waals surface area contributed by atoms with Crippen LogP contribution in [0.15, 0.2) is 41.1 Å². The Labute approximate surface area is 111 Å². The summed E-state index contributed by atoms with van der Waals surface area (Å²) in [6.45, 7) is 0. The summed E-state index contributed by atoms with van der Waals surface area (Å²) < 4.78 is 7.56. The van der Waals surface area contributed by atoms with Gasteiger partial charge in [-0.1, -0.05) is 18.2 Å². The number of benzene rings is 1. The first-order valence-corrected chi connectivity index (χ1v) is 6.14. The second-order valence-electron chi connectivity index (χ2n) is 3.85. The van der Waals surface area contributed by atoms with Gasteiger partial charge in [0.25, 0.3) is 0 Å². The number of esters is 1. The molecule has 1 aromatic carbocycles. The zero-order valence-electron chi connectivity index (χ0n) is 9.55. The number of halogens is 1. The molecule has 0 atom stereocenters. The largest absolute Gasteiger partial charge is 0.464 e. The maximum Gasteiger partial charge on any atom is 0.356 e. The van der Waals surface area contributed by atoms with Crippen LogP contribution in [0, 0.1) is 0 Å². The van der Waals surface area contributed by atoms with Crippen LogP contribution in [0.2, 0.25) is 0 Å². The number of fused-ring (bicyclic) bond motifs is 3. The first-order valence-electron chi connectivity index (χ1n) is 5.35. The van der Waals surface area contributed by atoms with Gasteiger partial charge in [-0.05, 0) is 28.1 Å². The summed E-state index contributed by atoms with van der Waals surface area (Å²) in [6, 6.07) is 9.68. The van der Waals surface area contributed by atoms with Gasteiger partial charge < -0.3 is 4.74 Å². The van der Waals surface area contributed by atoms with Gasteiger partial charge in [0.05, 0.1) is 22.6 Å². The molecule has 0 spiro atoms. The van der Waals surface area contributed by atoms with Crippen LogP contribution >= 0.6 is 15.9 Å². The van der Waals surface area contributed by atoms with Gasteiger partial charge in [0.2, 0.25) is 0 Å². The van der Waals surface area contributed by atoms with E-state index < -0.39 is 5.97 Å². The van der Waals surface area contributed by atoms with Gasteiger partial charge in [0.1, 0.15) is 6.33 Å². The Morgan fingerprint density at radius 2 is 2.11 bits per heavy atom. The van der Waals surface area contributed by atoms with Crippen molar-refractivity contribution in [2.75, 3.05) is 7.11 Å². The number of ether oxygens (including phenoxy) is 1. The fourth-order valence-corrected chi connectivity index (χ4v) is 2.64. The van der Waals surface area contributed by atoms with Crippen LogP contribution in [0.25, 0.3) is 16.4 Å². The third-order valence-corrected chi connectivity index (χ3v) is 3.70. The minimum Gasteiger partial charge on any atom is -0.464 e. The van der Waals surface area contributed by atoms with E-state index >= 15 is 0 Å². The molecule has 0 unspecified atom stereocenters. The highest BCUT2D eigenvalue weighted by Crippen LogP contribution is 2.31. The van der Waals surface area contributed by atoms with E-state index in [0.717, 1.165) is 20.9 Å². The molecule has 4 nitrogen and oxygen atoms in total. The van der Waals surface area contributed by atoms with Gasteiger partial charge in [-0.2, -0.15) is 0 Å². The lowest BCUT2D eigenvalue weighted by Crippen LogP contribution is -2.05. The molecular weight excluding hydrogens is 296 g/mol. The number of hydrogen-bond donors (Lipinski definition) is 0. The summed E-state index contributed by atoms with van der Waals surface area (Å²) in [5.74, 6) is -0.436.